The van der Waals surface area contributed by atoms with Crippen LogP contribution < -0.4 is 4.74 Å². The molecular weight excluding hydrogens is 232 g/mol. The Balaban J connectivity index is 2.37. The monoisotopic (exact) mass is 250 g/mol. The molecule has 2 rings (SSSR count). The van der Waals surface area contributed by atoms with E-state index in [1.54, 1.807) is 7.11 Å². The molecule has 2 aromatic carbocycles. The van der Waals surface area contributed by atoms with Crippen molar-refractivity contribution < 1.29 is 4.74 Å². The second-order valence-electron chi connectivity index (χ2n) is 4.42. The van der Waals surface area contributed by atoms with Crippen LogP contribution in [-0.4, -0.2) is 7.11 Å². The molecule has 0 amide bonds. The third-order valence-corrected chi connectivity index (χ3v) is 3.12. The fourth-order valence-electron chi connectivity index (χ4n) is 2.04. The number of rotatable bonds is 5. The van der Waals surface area contributed by atoms with Crippen molar-refractivity contribution in [1.29, 1.82) is 0 Å². The molecule has 0 fully saturated rings. The molecule has 2 aromatic rings. The maximum atomic E-state index is 5.19. The van der Waals surface area contributed by atoms with Gasteiger partial charge in [-0.3, -0.25) is 0 Å². The van der Waals surface area contributed by atoms with Crippen LogP contribution in [0.1, 0.15) is 5.56 Å². The Kier molecular flexibility index (Phi) is 4.19. The number of methoxy groups -OCH3 is 1. The van der Waals surface area contributed by atoms with Gasteiger partial charge in [0.2, 0.25) is 0 Å². The zero-order valence-electron chi connectivity index (χ0n) is 11.2. The third kappa shape index (κ3) is 3.14. The summed E-state index contributed by atoms with van der Waals surface area (Å²) in [7, 11) is 1.68. The van der Waals surface area contributed by atoms with Gasteiger partial charge in [0.1, 0.15) is 5.75 Å². The smallest absolute Gasteiger partial charge is 0.118 e. The number of allylic oxidation sites excluding steroid dienone is 2. The summed E-state index contributed by atoms with van der Waals surface area (Å²) in [5, 5.41) is 0. The van der Waals surface area contributed by atoms with Crippen LogP contribution in [0.4, 0.5) is 0 Å². The molecule has 0 saturated carbocycles. The van der Waals surface area contributed by atoms with Crippen LogP contribution >= 0.6 is 0 Å². The van der Waals surface area contributed by atoms with E-state index in [0.717, 1.165) is 17.7 Å². The van der Waals surface area contributed by atoms with E-state index in [9.17, 15) is 0 Å². The summed E-state index contributed by atoms with van der Waals surface area (Å²) < 4.78 is 5.19. The summed E-state index contributed by atoms with van der Waals surface area (Å²) in [6.07, 6.45) is 2.64. The van der Waals surface area contributed by atoms with E-state index in [1.165, 1.54) is 16.7 Å². The fraction of sp³-hybridized carbons (Fsp3) is 0.111. The summed E-state index contributed by atoms with van der Waals surface area (Å²) in [6, 6.07) is 16.5. The van der Waals surface area contributed by atoms with Gasteiger partial charge in [0.15, 0.2) is 0 Å². The first-order valence-corrected chi connectivity index (χ1v) is 6.27. The Morgan fingerprint density at radius 3 is 2.42 bits per heavy atom. The van der Waals surface area contributed by atoms with E-state index in [1.807, 2.05) is 18.2 Å². The fourth-order valence-corrected chi connectivity index (χ4v) is 2.04. The minimum absolute atomic E-state index is 0.825. The van der Waals surface area contributed by atoms with Gasteiger partial charge >= 0.3 is 0 Å². The van der Waals surface area contributed by atoms with Gasteiger partial charge < -0.3 is 4.74 Å². The van der Waals surface area contributed by atoms with E-state index >= 15 is 0 Å². The van der Waals surface area contributed by atoms with Gasteiger partial charge in [0, 0.05) is 0 Å². The van der Waals surface area contributed by atoms with Crippen LogP contribution in [0.3, 0.4) is 0 Å². The number of benzene rings is 2. The predicted octanol–water partition coefficient (Wildman–Crippen LogP) is 4.65. The molecule has 0 aromatic heterocycles. The Morgan fingerprint density at radius 2 is 1.79 bits per heavy atom. The summed E-state index contributed by atoms with van der Waals surface area (Å²) in [5.74, 6) is 0.872. The second kappa shape index (κ2) is 6.05. The largest absolute Gasteiger partial charge is 0.497 e. The van der Waals surface area contributed by atoms with Crippen molar-refractivity contribution in [3.05, 3.63) is 78.9 Å². The van der Waals surface area contributed by atoms with Crippen LogP contribution in [-0.2, 0) is 6.42 Å². The van der Waals surface area contributed by atoms with Crippen LogP contribution in [0.5, 0.6) is 5.75 Å². The molecule has 1 heteroatoms. The van der Waals surface area contributed by atoms with Gasteiger partial charge in [-0.2, -0.15) is 0 Å². The van der Waals surface area contributed by atoms with Gasteiger partial charge in [-0.1, -0.05) is 61.2 Å². The third-order valence-electron chi connectivity index (χ3n) is 3.12. The Hall–Kier alpha value is -2.28. The first-order valence-electron chi connectivity index (χ1n) is 6.27. The molecule has 0 heterocycles. The van der Waals surface area contributed by atoms with Crippen molar-refractivity contribution >= 4 is 0 Å². The quantitative estimate of drug-likeness (QED) is 0.702. The van der Waals surface area contributed by atoms with Gasteiger partial charge in [0.05, 0.1) is 7.11 Å². The molecule has 0 unspecified atom stereocenters. The maximum Gasteiger partial charge on any atom is 0.118 e. The minimum atomic E-state index is 0.825. The lowest BCUT2D eigenvalue weighted by Crippen LogP contribution is -1.91. The van der Waals surface area contributed by atoms with Gasteiger partial charge in [-0.05, 0) is 35.2 Å². The van der Waals surface area contributed by atoms with Crippen LogP contribution in [0, 0.1) is 0 Å². The Bertz CT molecular complexity index is 579. The van der Waals surface area contributed by atoms with Gasteiger partial charge in [-0.25, -0.2) is 0 Å². The lowest BCUT2D eigenvalue weighted by atomic mass is 9.95. The maximum absolute atomic E-state index is 5.19. The molecule has 0 aliphatic rings. The normalized spacial score (nSPS) is 9.95. The van der Waals surface area contributed by atoms with E-state index in [0.29, 0.717) is 0 Å². The number of ether oxygens (including phenoxy) is 1. The zero-order valence-corrected chi connectivity index (χ0v) is 11.2. The summed E-state index contributed by atoms with van der Waals surface area (Å²) >= 11 is 0. The molecular formula is C18H18O. The molecule has 0 spiro atoms. The molecule has 96 valence electrons. The van der Waals surface area contributed by atoms with Crippen LogP contribution in [0.15, 0.2) is 73.3 Å². The van der Waals surface area contributed by atoms with E-state index in [4.69, 9.17) is 4.74 Å². The number of hydrogen-bond acceptors (Lipinski definition) is 1. The lowest BCUT2D eigenvalue weighted by Gasteiger charge is -2.10. The van der Waals surface area contributed by atoms with Crippen molar-refractivity contribution in [3.8, 4) is 16.9 Å². The second-order valence-corrected chi connectivity index (χ2v) is 4.42. The van der Waals surface area contributed by atoms with Crippen LogP contribution in [0.25, 0.3) is 11.1 Å². The highest BCUT2D eigenvalue weighted by atomic mass is 16.5. The SMILES string of the molecule is C=CC(=C)Cc1ccccc1-c1ccc(OC)cc1. The van der Waals surface area contributed by atoms with Crippen molar-refractivity contribution in [3.63, 3.8) is 0 Å². The molecule has 0 aliphatic carbocycles. The van der Waals surface area contributed by atoms with Crippen molar-refractivity contribution in [1.82, 2.24) is 0 Å². The lowest BCUT2D eigenvalue weighted by molar-refractivity contribution is 0.415. The van der Waals surface area contributed by atoms with Crippen molar-refractivity contribution in [2.45, 2.75) is 6.42 Å². The number of hydrogen-bond donors (Lipinski definition) is 0. The Morgan fingerprint density at radius 1 is 1.11 bits per heavy atom. The first kappa shape index (κ1) is 13.2. The highest BCUT2D eigenvalue weighted by molar-refractivity contribution is 5.68. The van der Waals surface area contributed by atoms with Gasteiger partial charge in [0.25, 0.3) is 0 Å². The molecule has 0 radical (unpaired) electrons. The van der Waals surface area contributed by atoms with E-state index < -0.39 is 0 Å². The minimum Gasteiger partial charge on any atom is -0.497 e. The van der Waals surface area contributed by atoms with Crippen LogP contribution in [0.2, 0.25) is 0 Å². The summed E-state index contributed by atoms with van der Waals surface area (Å²) in [4.78, 5) is 0. The van der Waals surface area contributed by atoms with Crippen molar-refractivity contribution in [2.75, 3.05) is 7.11 Å². The molecule has 19 heavy (non-hydrogen) atoms. The topological polar surface area (TPSA) is 9.23 Å². The van der Waals surface area contributed by atoms with E-state index in [2.05, 4.69) is 49.6 Å². The standard InChI is InChI=1S/C18H18O/c1-4-14(2)13-16-7-5-6-8-18(16)15-9-11-17(19-3)12-10-15/h4-12H,1-2,13H2,3H3. The molecule has 1 nitrogen and oxygen atoms in total. The highest BCUT2D eigenvalue weighted by Crippen LogP contribution is 2.27. The van der Waals surface area contributed by atoms with Crippen molar-refractivity contribution in [2.24, 2.45) is 0 Å². The highest BCUT2D eigenvalue weighted by Gasteiger charge is 2.05. The zero-order chi connectivity index (χ0) is 13.7. The summed E-state index contributed by atoms with van der Waals surface area (Å²) in [6.45, 7) is 7.76. The molecule has 0 N–H and O–H groups in total. The average molecular weight is 250 g/mol. The van der Waals surface area contributed by atoms with Gasteiger partial charge in [-0.15, -0.1) is 0 Å². The predicted molar refractivity (Wildman–Crippen MR) is 81.5 cm³/mol. The molecule has 0 bridgehead atoms. The Labute approximate surface area is 114 Å². The first-order chi connectivity index (χ1) is 9.24. The summed E-state index contributed by atoms with van der Waals surface area (Å²) in [5.41, 5.74) is 4.71. The molecule has 0 atom stereocenters. The van der Waals surface area contributed by atoms with E-state index in [-0.39, 0.29) is 0 Å². The molecule has 0 saturated heterocycles. The average Bonchev–Trinajstić information content (AvgIpc) is 2.48. The molecule has 0 aliphatic heterocycles.